The van der Waals surface area contributed by atoms with Crippen molar-refractivity contribution >= 4 is 11.4 Å². The standard InChI is InChI=1S/C15H11F5N2/c1-9(14-11(16)6-4-7-12(14)17)21-22-13-8-3-2-5-10(13)15(18,19)20/h2-8,22H,1H3/b21-9-. The smallest absolute Gasteiger partial charge is 0.278 e. The largest absolute Gasteiger partial charge is 0.418 e. The minimum Gasteiger partial charge on any atom is -0.278 e. The Morgan fingerprint density at radius 2 is 1.55 bits per heavy atom. The van der Waals surface area contributed by atoms with Crippen molar-refractivity contribution in [2.45, 2.75) is 13.1 Å². The van der Waals surface area contributed by atoms with E-state index in [2.05, 4.69) is 10.5 Å². The third-order valence-corrected chi connectivity index (χ3v) is 2.90. The molecule has 0 bridgehead atoms. The van der Waals surface area contributed by atoms with Crippen LogP contribution >= 0.6 is 0 Å². The molecule has 2 aromatic rings. The highest BCUT2D eigenvalue weighted by Gasteiger charge is 2.33. The molecule has 0 saturated heterocycles. The lowest BCUT2D eigenvalue weighted by Crippen LogP contribution is -2.10. The van der Waals surface area contributed by atoms with Crippen molar-refractivity contribution in [3.05, 3.63) is 65.2 Å². The van der Waals surface area contributed by atoms with Crippen molar-refractivity contribution in [1.82, 2.24) is 0 Å². The summed E-state index contributed by atoms with van der Waals surface area (Å²) in [5.74, 6) is -1.68. The Bertz CT molecular complexity index is 687. The van der Waals surface area contributed by atoms with Crippen LogP contribution in [0.2, 0.25) is 0 Å². The van der Waals surface area contributed by atoms with Crippen molar-refractivity contribution < 1.29 is 22.0 Å². The number of nitrogens with one attached hydrogen (secondary N) is 1. The molecule has 0 aromatic heterocycles. The van der Waals surface area contributed by atoms with E-state index in [9.17, 15) is 22.0 Å². The number of nitrogens with zero attached hydrogens (tertiary/aromatic N) is 1. The quantitative estimate of drug-likeness (QED) is 0.490. The highest BCUT2D eigenvalue weighted by Crippen LogP contribution is 2.34. The Labute approximate surface area is 123 Å². The molecule has 0 atom stereocenters. The summed E-state index contributed by atoms with van der Waals surface area (Å²) in [5.41, 5.74) is 0.498. The molecule has 0 unspecified atom stereocenters. The van der Waals surface area contributed by atoms with Crippen LogP contribution in [0, 0.1) is 11.6 Å². The summed E-state index contributed by atoms with van der Waals surface area (Å²) < 4.78 is 65.6. The van der Waals surface area contributed by atoms with Crippen molar-refractivity contribution in [1.29, 1.82) is 0 Å². The molecule has 0 aliphatic heterocycles. The number of anilines is 1. The first kappa shape index (κ1) is 15.9. The molecule has 0 amide bonds. The van der Waals surface area contributed by atoms with Crippen LogP contribution in [0.5, 0.6) is 0 Å². The maximum atomic E-state index is 13.6. The molecule has 1 N–H and O–H groups in total. The van der Waals surface area contributed by atoms with E-state index < -0.39 is 23.4 Å². The molecule has 0 saturated carbocycles. The summed E-state index contributed by atoms with van der Waals surface area (Å²) in [6, 6.07) is 7.97. The molecular weight excluding hydrogens is 303 g/mol. The minimum absolute atomic E-state index is 0.104. The number of hydrazone groups is 1. The average molecular weight is 314 g/mol. The van der Waals surface area contributed by atoms with E-state index in [1.54, 1.807) is 0 Å². The van der Waals surface area contributed by atoms with Gasteiger partial charge in [-0.1, -0.05) is 18.2 Å². The van der Waals surface area contributed by atoms with Crippen LogP contribution < -0.4 is 5.43 Å². The fraction of sp³-hybridized carbons (Fsp3) is 0.133. The molecule has 0 heterocycles. The zero-order chi connectivity index (χ0) is 16.3. The summed E-state index contributed by atoms with van der Waals surface area (Å²) >= 11 is 0. The number of benzene rings is 2. The van der Waals surface area contributed by atoms with Gasteiger partial charge < -0.3 is 0 Å². The van der Waals surface area contributed by atoms with Gasteiger partial charge in [-0.05, 0) is 31.2 Å². The molecule has 0 aliphatic carbocycles. The number of rotatable bonds is 3. The van der Waals surface area contributed by atoms with E-state index in [0.29, 0.717) is 0 Å². The van der Waals surface area contributed by atoms with Gasteiger partial charge >= 0.3 is 6.18 Å². The summed E-state index contributed by atoms with van der Waals surface area (Å²) in [6.45, 7) is 1.30. The molecule has 0 spiro atoms. The average Bonchev–Trinajstić information content (AvgIpc) is 2.44. The van der Waals surface area contributed by atoms with Crippen molar-refractivity contribution in [3.63, 3.8) is 0 Å². The highest BCUT2D eigenvalue weighted by molar-refractivity contribution is 5.99. The lowest BCUT2D eigenvalue weighted by molar-refractivity contribution is -0.136. The highest BCUT2D eigenvalue weighted by atomic mass is 19.4. The molecule has 0 aliphatic rings. The first-order valence-corrected chi connectivity index (χ1v) is 6.21. The van der Waals surface area contributed by atoms with E-state index in [1.807, 2.05) is 0 Å². The fourth-order valence-corrected chi connectivity index (χ4v) is 1.87. The Hall–Kier alpha value is -2.44. The molecule has 7 heteroatoms. The van der Waals surface area contributed by atoms with Gasteiger partial charge in [0.2, 0.25) is 0 Å². The van der Waals surface area contributed by atoms with Gasteiger partial charge in [0.05, 0.1) is 22.5 Å². The Balaban J connectivity index is 2.33. The second kappa shape index (κ2) is 6.13. The summed E-state index contributed by atoms with van der Waals surface area (Å²) in [5, 5.41) is 3.65. The lowest BCUT2D eigenvalue weighted by Gasteiger charge is -2.12. The van der Waals surface area contributed by atoms with Crippen LogP contribution in [0.4, 0.5) is 27.6 Å². The molecule has 2 nitrogen and oxygen atoms in total. The zero-order valence-electron chi connectivity index (χ0n) is 11.4. The van der Waals surface area contributed by atoms with Gasteiger partial charge in [-0.25, -0.2) is 8.78 Å². The van der Waals surface area contributed by atoms with Gasteiger partial charge in [-0.15, -0.1) is 0 Å². The molecule has 2 rings (SSSR count). The third-order valence-electron chi connectivity index (χ3n) is 2.90. The number of alkyl halides is 3. The molecular formula is C15H11F5N2. The van der Waals surface area contributed by atoms with Crippen LogP contribution in [0.15, 0.2) is 47.6 Å². The number of halogens is 5. The second-order valence-corrected chi connectivity index (χ2v) is 4.45. The van der Waals surface area contributed by atoms with Crippen LogP contribution in [0.1, 0.15) is 18.1 Å². The van der Waals surface area contributed by atoms with Crippen LogP contribution in [0.3, 0.4) is 0 Å². The molecule has 116 valence electrons. The van der Waals surface area contributed by atoms with Gasteiger partial charge in [0.25, 0.3) is 0 Å². The summed E-state index contributed by atoms with van der Waals surface area (Å²) in [6.07, 6.45) is -4.56. The Kier molecular flexibility index (Phi) is 4.44. The normalized spacial score (nSPS) is 12.4. The summed E-state index contributed by atoms with van der Waals surface area (Å²) in [4.78, 5) is 0. The second-order valence-electron chi connectivity index (χ2n) is 4.45. The van der Waals surface area contributed by atoms with Gasteiger partial charge in [0.1, 0.15) is 11.6 Å². The molecule has 2 aromatic carbocycles. The molecule has 22 heavy (non-hydrogen) atoms. The first-order chi connectivity index (χ1) is 10.3. The van der Waals surface area contributed by atoms with E-state index in [-0.39, 0.29) is 17.0 Å². The number of hydrogen-bond donors (Lipinski definition) is 1. The van der Waals surface area contributed by atoms with E-state index >= 15 is 0 Å². The Morgan fingerprint density at radius 1 is 0.955 bits per heavy atom. The molecule has 0 fully saturated rings. The number of para-hydroxylation sites is 1. The van der Waals surface area contributed by atoms with Crippen molar-refractivity contribution in [2.24, 2.45) is 5.10 Å². The van der Waals surface area contributed by atoms with Crippen LogP contribution in [-0.4, -0.2) is 5.71 Å². The van der Waals surface area contributed by atoms with Gasteiger partial charge in [0.15, 0.2) is 0 Å². The fourth-order valence-electron chi connectivity index (χ4n) is 1.87. The van der Waals surface area contributed by atoms with Crippen molar-refractivity contribution in [2.75, 3.05) is 5.43 Å². The Morgan fingerprint density at radius 3 is 2.14 bits per heavy atom. The maximum absolute atomic E-state index is 13.6. The van der Waals surface area contributed by atoms with E-state index in [1.165, 1.54) is 31.2 Å². The zero-order valence-corrected chi connectivity index (χ0v) is 11.4. The first-order valence-electron chi connectivity index (χ1n) is 6.21. The van der Waals surface area contributed by atoms with Gasteiger partial charge in [-0.2, -0.15) is 18.3 Å². The van der Waals surface area contributed by atoms with Crippen LogP contribution in [-0.2, 0) is 6.18 Å². The lowest BCUT2D eigenvalue weighted by atomic mass is 10.1. The van der Waals surface area contributed by atoms with E-state index in [0.717, 1.165) is 18.2 Å². The van der Waals surface area contributed by atoms with Crippen LogP contribution in [0.25, 0.3) is 0 Å². The monoisotopic (exact) mass is 314 g/mol. The predicted molar refractivity (Wildman–Crippen MR) is 73.6 cm³/mol. The maximum Gasteiger partial charge on any atom is 0.418 e. The van der Waals surface area contributed by atoms with Gasteiger partial charge in [-0.3, -0.25) is 5.43 Å². The third kappa shape index (κ3) is 3.41. The molecule has 0 radical (unpaired) electrons. The van der Waals surface area contributed by atoms with E-state index in [4.69, 9.17) is 0 Å². The SMILES string of the molecule is C/C(=N/Nc1ccccc1C(F)(F)F)c1c(F)cccc1F. The summed E-state index contributed by atoms with van der Waals surface area (Å²) in [7, 11) is 0. The predicted octanol–water partition coefficient (Wildman–Crippen LogP) is 4.82. The topological polar surface area (TPSA) is 24.4 Å². The van der Waals surface area contributed by atoms with Crippen molar-refractivity contribution in [3.8, 4) is 0 Å². The van der Waals surface area contributed by atoms with Gasteiger partial charge in [0, 0.05) is 0 Å². The number of hydrogen-bond acceptors (Lipinski definition) is 2. The minimum atomic E-state index is -4.56.